The van der Waals surface area contributed by atoms with E-state index in [0.29, 0.717) is 11.7 Å². The molecule has 0 unspecified atom stereocenters. The molecule has 0 atom stereocenters. The predicted octanol–water partition coefficient (Wildman–Crippen LogP) is 4.53. The minimum absolute atomic E-state index is 0.557. The molecule has 4 rings (SSSR count). The highest BCUT2D eigenvalue weighted by Crippen LogP contribution is 2.18. The van der Waals surface area contributed by atoms with Gasteiger partial charge >= 0.3 is 0 Å². The van der Waals surface area contributed by atoms with E-state index in [-0.39, 0.29) is 0 Å². The third kappa shape index (κ3) is 5.00. The molecule has 2 aromatic heterocycles. The second kappa shape index (κ2) is 9.14. The Hall–Kier alpha value is -3.45. The fraction of sp³-hybridized carbons (Fsp3) is 0.208. The summed E-state index contributed by atoms with van der Waals surface area (Å²) in [6.07, 6.45) is 3.74. The molecule has 2 aromatic carbocycles. The molecule has 6 nitrogen and oxygen atoms in total. The van der Waals surface area contributed by atoms with Crippen LogP contribution in [0.4, 0.5) is 5.69 Å². The Labute approximate surface area is 187 Å². The molecule has 0 aliphatic rings. The normalized spacial score (nSPS) is 10.8. The molecule has 7 heteroatoms. The lowest BCUT2D eigenvalue weighted by molar-refractivity contribution is 0.687. The van der Waals surface area contributed by atoms with Gasteiger partial charge in [-0.2, -0.15) is 10.2 Å². The number of nitrogens with zero attached hydrogens (tertiary/aromatic N) is 4. The van der Waals surface area contributed by atoms with Crippen LogP contribution in [0, 0.1) is 20.8 Å². The maximum Gasteiger partial charge on any atom is 0.171 e. The molecule has 0 radical (unpaired) electrons. The van der Waals surface area contributed by atoms with Crippen LogP contribution in [0.15, 0.2) is 67.0 Å². The fourth-order valence-corrected chi connectivity index (χ4v) is 3.68. The van der Waals surface area contributed by atoms with Crippen LogP contribution in [0.25, 0.3) is 5.69 Å². The summed E-state index contributed by atoms with van der Waals surface area (Å²) in [7, 11) is 0. The second-order valence-corrected chi connectivity index (χ2v) is 8.02. The van der Waals surface area contributed by atoms with Gasteiger partial charge in [0, 0.05) is 24.0 Å². The van der Waals surface area contributed by atoms with Gasteiger partial charge in [0.25, 0.3) is 0 Å². The molecule has 31 heavy (non-hydrogen) atoms. The molecule has 0 aliphatic heterocycles. The predicted molar refractivity (Wildman–Crippen MR) is 129 cm³/mol. The lowest BCUT2D eigenvalue weighted by Crippen LogP contribution is -2.28. The summed E-state index contributed by atoms with van der Waals surface area (Å²) in [4.78, 5) is 0. The molecule has 158 valence electrons. The number of hydrogen-bond acceptors (Lipinski definition) is 3. The first-order chi connectivity index (χ1) is 15.0. The summed E-state index contributed by atoms with van der Waals surface area (Å²) < 4.78 is 3.87. The number of hydrogen-bond donors (Lipinski definition) is 2. The Bertz CT molecular complexity index is 1170. The van der Waals surface area contributed by atoms with Crippen molar-refractivity contribution in [1.82, 2.24) is 24.9 Å². The van der Waals surface area contributed by atoms with Crippen molar-refractivity contribution in [1.29, 1.82) is 0 Å². The SMILES string of the molecule is Cc1ccc(Cn2cc(NC(=S)NCc3c(C)nn(-c4ccccc4)c3C)cn2)cc1. The highest BCUT2D eigenvalue weighted by molar-refractivity contribution is 7.80. The number of thiocarbonyl (C=S) groups is 1. The number of rotatable bonds is 6. The van der Waals surface area contributed by atoms with Crippen molar-refractivity contribution in [3.05, 3.63) is 95.1 Å². The van der Waals surface area contributed by atoms with Crippen LogP contribution >= 0.6 is 12.2 Å². The van der Waals surface area contributed by atoms with Gasteiger partial charge in [0.1, 0.15) is 0 Å². The summed E-state index contributed by atoms with van der Waals surface area (Å²) in [5, 5.41) is 16.2. The Morgan fingerprint density at radius 3 is 2.48 bits per heavy atom. The third-order valence-electron chi connectivity index (χ3n) is 5.22. The van der Waals surface area contributed by atoms with Gasteiger partial charge in [-0.1, -0.05) is 48.0 Å². The summed E-state index contributed by atoms with van der Waals surface area (Å²) in [6, 6.07) is 18.6. The number of nitrogens with one attached hydrogen (secondary N) is 2. The minimum atomic E-state index is 0.557. The van der Waals surface area contributed by atoms with Crippen molar-refractivity contribution < 1.29 is 0 Å². The smallest absolute Gasteiger partial charge is 0.171 e. The van der Waals surface area contributed by atoms with Crippen LogP contribution in [0.2, 0.25) is 0 Å². The van der Waals surface area contributed by atoms with Gasteiger partial charge in [-0.15, -0.1) is 0 Å². The number of aryl methyl sites for hydroxylation is 2. The Kier molecular flexibility index (Phi) is 6.13. The van der Waals surface area contributed by atoms with Gasteiger partial charge in [-0.3, -0.25) is 4.68 Å². The number of para-hydroxylation sites is 1. The first kappa shape index (κ1) is 20.8. The van der Waals surface area contributed by atoms with E-state index in [2.05, 4.69) is 66.0 Å². The molecule has 2 N–H and O–H groups in total. The molecular formula is C24H26N6S. The van der Waals surface area contributed by atoms with E-state index in [4.69, 9.17) is 17.3 Å². The Balaban J connectivity index is 1.35. The summed E-state index contributed by atoms with van der Waals surface area (Å²) in [5.74, 6) is 0. The Morgan fingerprint density at radius 2 is 1.74 bits per heavy atom. The highest BCUT2D eigenvalue weighted by atomic mass is 32.1. The van der Waals surface area contributed by atoms with E-state index in [1.165, 1.54) is 11.1 Å². The maximum atomic E-state index is 5.49. The second-order valence-electron chi connectivity index (χ2n) is 7.62. The largest absolute Gasteiger partial charge is 0.358 e. The number of anilines is 1. The van der Waals surface area contributed by atoms with Crippen LogP contribution in [-0.2, 0) is 13.1 Å². The van der Waals surface area contributed by atoms with E-state index in [0.717, 1.165) is 34.9 Å². The molecule has 0 bridgehead atoms. The van der Waals surface area contributed by atoms with E-state index in [1.807, 2.05) is 40.7 Å². The monoisotopic (exact) mass is 430 g/mol. The molecule has 4 aromatic rings. The quantitative estimate of drug-likeness (QED) is 0.440. The average molecular weight is 431 g/mol. The molecule has 0 amide bonds. The van der Waals surface area contributed by atoms with Crippen molar-refractivity contribution in [2.75, 3.05) is 5.32 Å². The van der Waals surface area contributed by atoms with Crippen molar-refractivity contribution in [2.45, 2.75) is 33.9 Å². The van der Waals surface area contributed by atoms with Crippen LogP contribution in [0.3, 0.4) is 0 Å². The Morgan fingerprint density at radius 1 is 1.00 bits per heavy atom. The van der Waals surface area contributed by atoms with Crippen LogP contribution in [0.1, 0.15) is 28.1 Å². The first-order valence-corrected chi connectivity index (χ1v) is 10.6. The van der Waals surface area contributed by atoms with Crippen LogP contribution < -0.4 is 10.6 Å². The third-order valence-corrected chi connectivity index (χ3v) is 5.47. The van der Waals surface area contributed by atoms with Crippen molar-refractivity contribution in [3.8, 4) is 5.69 Å². The zero-order valence-corrected chi connectivity index (χ0v) is 18.8. The average Bonchev–Trinajstić information content (AvgIpc) is 3.32. The molecule has 0 fully saturated rings. The number of benzene rings is 2. The van der Waals surface area contributed by atoms with Crippen LogP contribution in [-0.4, -0.2) is 24.7 Å². The van der Waals surface area contributed by atoms with E-state index >= 15 is 0 Å². The molecule has 0 spiro atoms. The van der Waals surface area contributed by atoms with Gasteiger partial charge < -0.3 is 10.6 Å². The molecular weight excluding hydrogens is 404 g/mol. The number of aromatic nitrogens is 4. The van der Waals surface area contributed by atoms with Gasteiger partial charge in [0.15, 0.2) is 5.11 Å². The lowest BCUT2D eigenvalue weighted by Gasteiger charge is -2.10. The first-order valence-electron chi connectivity index (χ1n) is 10.2. The van der Waals surface area contributed by atoms with E-state index in [1.54, 1.807) is 6.20 Å². The lowest BCUT2D eigenvalue weighted by atomic mass is 10.1. The van der Waals surface area contributed by atoms with Gasteiger partial charge in [0.05, 0.1) is 29.8 Å². The summed E-state index contributed by atoms with van der Waals surface area (Å²) in [5.41, 5.74) is 7.61. The molecule has 0 saturated heterocycles. The summed E-state index contributed by atoms with van der Waals surface area (Å²) >= 11 is 5.49. The maximum absolute atomic E-state index is 5.49. The molecule has 0 aliphatic carbocycles. The molecule has 2 heterocycles. The van der Waals surface area contributed by atoms with Crippen molar-refractivity contribution >= 4 is 23.0 Å². The van der Waals surface area contributed by atoms with E-state index < -0.39 is 0 Å². The fourth-order valence-electron chi connectivity index (χ4n) is 3.49. The van der Waals surface area contributed by atoms with Gasteiger partial charge in [-0.05, 0) is 50.7 Å². The van der Waals surface area contributed by atoms with Crippen molar-refractivity contribution in [2.24, 2.45) is 0 Å². The zero-order valence-electron chi connectivity index (χ0n) is 18.0. The highest BCUT2D eigenvalue weighted by Gasteiger charge is 2.13. The van der Waals surface area contributed by atoms with Gasteiger partial charge in [-0.25, -0.2) is 4.68 Å². The van der Waals surface area contributed by atoms with Crippen LogP contribution in [0.5, 0.6) is 0 Å². The van der Waals surface area contributed by atoms with E-state index in [9.17, 15) is 0 Å². The standard InChI is InChI=1S/C24H26N6S/c1-17-9-11-20(12-10-17)15-29-16-21(13-26-29)27-24(31)25-14-23-18(2)28-30(19(23)3)22-7-5-4-6-8-22/h4-13,16H,14-15H2,1-3H3,(H2,25,27,31). The van der Waals surface area contributed by atoms with Crippen molar-refractivity contribution in [3.63, 3.8) is 0 Å². The van der Waals surface area contributed by atoms with Gasteiger partial charge in [0.2, 0.25) is 0 Å². The topological polar surface area (TPSA) is 59.7 Å². The molecule has 0 saturated carbocycles. The zero-order chi connectivity index (χ0) is 21.8. The minimum Gasteiger partial charge on any atom is -0.358 e. The summed E-state index contributed by atoms with van der Waals surface area (Å²) in [6.45, 7) is 7.51.